The van der Waals surface area contributed by atoms with E-state index in [-0.39, 0.29) is 30.8 Å². The predicted molar refractivity (Wildman–Crippen MR) is 90.7 cm³/mol. The lowest BCUT2D eigenvalue weighted by atomic mass is 9.93. The summed E-state index contributed by atoms with van der Waals surface area (Å²) in [4.78, 5) is 46.0. The molecule has 2 aliphatic rings. The molecule has 1 N–H and O–H groups in total. The Balaban J connectivity index is 1.73. The number of hydrogen-bond acceptors (Lipinski definition) is 4. The lowest BCUT2D eigenvalue weighted by Crippen LogP contribution is -2.67. The number of nitrogens with one attached hydrogen (secondary N) is 1. The molecule has 8 nitrogen and oxygen atoms in total. The van der Waals surface area contributed by atoms with E-state index in [0.717, 1.165) is 5.69 Å². The highest BCUT2D eigenvalue weighted by atomic mass is 16.2. The molecule has 0 saturated carbocycles. The van der Waals surface area contributed by atoms with Gasteiger partial charge in [-0.1, -0.05) is 6.07 Å². The number of amides is 4. The van der Waals surface area contributed by atoms with E-state index in [1.807, 2.05) is 18.2 Å². The van der Waals surface area contributed by atoms with E-state index in [1.165, 1.54) is 4.90 Å². The normalized spacial score (nSPS) is 22.9. The third-order valence-corrected chi connectivity index (χ3v) is 4.85. The molecule has 0 aliphatic carbocycles. The minimum absolute atomic E-state index is 0.00951. The first-order chi connectivity index (χ1) is 11.9. The summed E-state index contributed by atoms with van der Waals surface area (Å²) in [5.74, 6) is -0.177. The first-order valence-corrected chi connectivity index (χ1v) is 8.35. The largest absolute Gasteiger partial charge is 0.352 e. The average Bonchev–Trinajstić information content (AvgIpc) is 3.02. The molecule has 1 aromatic heterocycles. The Hall–Kier alpha value is -2.64. The third kappa shape index (κ3) is 3.42. The van der Waals surface area contributed by atoms with Gasteiger partial charge < -0.3 is 20.0 Å². The van der Waals surface area contributed by atoms with Gasteiger partial charge in [-0.2, -0.15) is 0 Å². The Bertz CT molecular complexity index is 678. The number of aromatic nitrogens is 1. The van der Waals surface area contributed by atoms with Crippen LogP contribution in [0.1, 0.15) is 12.1 Å². The van der Waals surface area contributed by atoms with Crippen LogP contribution in [0, 0.1) is 0 Å². The van der Waals surface area contributed by atoms with Crippen molar-refractivity contribution in [2.75, 3.05) is 40.3 Å². The van der Waals surface area contributed by atoms with Crippen LogP contribution >= 0.6 is 0 Å². The SMILES string of the molecule is CN(C)C(=O)N1CC(=O)NC[C@@]12CCN(C(=O)Cc1ccccn1)C2. The Morgan fingerprint density at radius 3 is 2.84 bits per heavy atom. The van der Waals surface area contributed by atoms with Gasteiger partial charge in [0.15, 0.2) is 0 Å². The van der Waals surface area contributed by atoms with Crippen molar-refractivity contribution in [3.05, 3.63) is 30.1 Å². The van der Waals surface area contributed by atoms with Gasteiger partial charge in [0.25, 0.3) is 0 Å². The predicted octanol–water partition coefficient (Wildman–Crippen LogP) is -0.291. The quantitative estimate of drug-likeness (QED) is 0.798. The van der Waals surface area contributed by atoms with Crippen LogP contribution in [-0.4, -0.2) is 83.3 Å². The molecule has 0 unspecified atom stereocenters. The maximum absolute atomic E-state index is 12.6. The van der Waals surface area contributed by atoms with Gasteiger partial charge in [0.1, 0.15) is 6.54 Å². The molecular formula is C17H23N5O3. The van der Waals surface area contributed by atoms with Crippen LogP contribution in [0.5, 0.6) is 0 Å². The van der Waals surface area contributed by atoms with Gasteiger partial charge >= 0.3 is 6.03 Å². The third-order valence-electron chi connectivity index (χ3n) is 4.85. The topological polar surface area (TPSA) is 85.9 Å². The van der Waals surface area contributed by atoms with Crippen molar-refractivity contribution in [1.82, 2.24) is 25.0 Å². The summed E-state index contributed by atoms with van der Waals surface area (Å²) in [5, 5.41) is 2.85. The Morgan fingerprint density at radius 1 is 1.36 bits per heavy atom. The molecule has 1 spiro atoms. The van der Waals surface area contributed by atoms with E-state index < -0.39 is 5.54 Å². The van der Waals surface area contributed by atoms with Gasteiger partial charge in [0, 0.05) is 45.6 Å². The number of carbonyl (C=O) groups excluding carboxylic acids is 3. The van der Waals surface area contributed by atoms with Gasteiger partial charge in [0.05, 0.1) is 12.0 Å². The summed E-state index contributed by atoms with van der Waals surface area (Å²) in [7, 11) is 3.34. The summed E-state index contributed by atoms with van der Waals surface area (Å²) >= 11 is 0. The number of piperazine rings is 1. The smallest absolute Gasteiger partial charge is 0.320 e. The zero-order valence-electron chi connectivity index (χ0n) is 14.6. The molecule has 25 heavy (non-hydrogen) atoms. The second-order valence-electron chi connectivity index (χ2n) is 6.83. The molecule has 1 atom stereocenters. The molecule has 4 amide bonds. The number of rotatable bonds is 2. The number of nitrogens with zero attached hydrogens (tertiary/aromatic N) is 4. The number of pyridine rings is 1. The monoisotopic (exact) mass is 345 g/mol. The summed E-state index contributed by atoms with van der Waals surface area (Å²) in [6.45, 7) is 1.40. The van der Waals surface area contributed by atoms with E-state index in [1.54, 1.807) is 30.1 Å². The van der Waals surface area contributed by atoms with Crippen molar-refractivity contribution in [3.63, 3.8) is 0 Å². The minimum Gasteiger partial charge on any atom is -0.352 e. The van der Waals surface area contributed by atoms with Crippen LogP contribution in [0.15, 0.2) is 24.4 Å². The molecule has 134 valence electrons. The van der Waals surface area contributed by atoms with Gasteiger partial charge in [-0.3, -0.25) is 14.6 Å². The van der Waals surface area contributed by atoms with Crippen molar-refractivity contribution < 1.29 is 14.4 Å². The van der Waals surface area contributed by atoms with Crippen molar-refractivity contribution in [1.29, 1.82) is 0 Å². The van der Waals surface area contributed by atoms with Crippen molar-refractivity contribution >= 4 is 17.8 Å². The van der Waals surface area contributed by atoms with Gasteiger partial charge in [-0.05, 0) is 18.6 Å². The highest BCUT2D eigenvalue weighted by Gasteiger charge is 2.49. The van der Waals surface area contributed by atoms with Crippen molar-refractivity contribution in [2.24, 2.45) is 0 Å². The molecule has 1 aromatic rings. The second kappa shape index (κ2) is 6.70. The molecule has 0 radical (unpaired) electrons. The van der Waals surface area contributed by atoms with Crippen LogP contribution in [0.25, 0.3) is 0 Å². The summed E-state index contributed by atoms with van der Waals surface area (Å²) in [6, 6.07) is 5.30. The first kappa shape index (κ1) is 17.2. The standard InChI is InChI=1S/C17H23N5O3/c1-20(2)16(25)22-10-14(23)19-11-17(22)6-8-21(12-17)15(24)9-13-5-3-4-7-18-13/h3-5,7H,6,8-12H2,1-2H3,(H,19,23)/t17-/m1/s1. The zero-order chi connectivity index (χ0) is 18.0. The Labute approximate surface area is 146 Å². The molecule has 2 aliphatic heterocycles. The lowest BCUT2D eigenvalue weighted by Gasteiger charge is -2.45. The van der Waals surface area contributed by atoms with Crippen LogP contribution in [-0.2, 0) is 16.0 Å². The Kier molecular flexibility index (Phi) is 4.61. The number of urea groups is 1. The van der Waals surface area contributed by atoms with E-state index in [9.17, 15) is 14.4 Å². The highest BCUT2D eigenvalue weighted by molar-refractivity contribution is 5.86. The molecule has 2 saturated heterocycles. The molecular weight excluding hydrogens is 322 g/mol. The number of hydrogen-bond donors (Lipinski definition) is 1. The molecule has 0 aromatic carbocycles. The van der Waals surface area contributed by atoms with Crippen LogP contribution in [0.4, 0.5) is 4.79 Å². The van der Waals surface area contributed by atoms with E-state index >= 15 is 0 Å². The molecule has 8 heteroatoms. The molecule has 3 rings (SSSR count). The van der Waals surface area contributed by atoms with Gasteiger partial charge in [-0.25, -0.2) is 4.79 Å². The fourth-order valence-electron chi connectivity index (χ4n) is 3.44. The number of carbonyl (C=O) groups is 3. The van der Waals surface area contributed by atoms with E-state index in [0.29, 0.717) is 26.1 Å². The first-order valence-electron chi connectivity index (χ1n) is 8.35. The lowest BCUT2D eigenvalue weighted by molar-refractivity contribution is -0.130. The average molecular weight is 345 g/mol. The Morgan fingerprint density at radius 2 is 2.16 bits per heavy atom. The van der Waals surface area contributed by atoms with Crippen LogP contribution in [0.2, 0.25) is 0 Å². The maximum atomic E-state index is 12.6. The van der Waals surface area contributed by atoms with E-state index in [4.69, 9.17) is 0 Å². The van der Waals surface area contributed by atoms with Gasteiger partial charge in [-0.15, -0.1) is 0 Å². The van der Waals surface area contributed by atoms with Gasteiger partial charge in [0.2, 0.25) is 11.8 Å². The fourth-order valence-corrected chi connectivity index (χ4v) is 3.44. The molecule has 2 fully saturated rings. The highest BCUT2D eigenvalue weighted by Crippen LogP contribution is 2.30. The van der Waals surface area contributed by atoms with Crippen LogP contribution < -0.4 is 5.32 Å². The zero-order valence-corrected chi connectivity index (χ0v) is 14.6. The van der Waals surface area contributed by atoms with Crippen molar-refractivity contribution in [2.45, 2.75) is 18.4 Å². The van der Waals surface area contributed by atoms with E-state index in [2.05, 4.69) is 10.3 Å². The second-order valence-corrected chi connectivity index (χ2v) is 6.83. The molecule has 0 bridgehead atoms. The molecule has 3 heterocycles. The summed E-state index contributed by atoms with van der Waals surface area (Å²) in [5.41, 5.74) is 0.196. The summed E-state index contributed by atoms with van der Waals surface area (Å²) in [6.07, 6.45) is 2.56. The summed E-state index contributed by atoms with van der Waals surface area (Å²) < 4.78 is 0. The fraction of sp³-hybridized carbons (Fsp3) is 0.529. The van der Waals surface area contributed by atoms with Crippen molar-refractivity contribution in [3.8, 4) is 0 Å². The minimum atomic E-state index is -0.533. The maximum Gasteiger partial charge on any atom is 0.320 e. The number of likely N-dealkylation sites (tertiary alicyclic amines) is 1. The van der Waals surface area contributed by atoms with Crippen LogP contribution in [0.3, 0.4) is 0 Å².